The van der Waals surface area contributed by atoms with Gasteiger partial charge in [0.1, 0.15) is 0 Å². The molecule has 0 atom stereocenters. The maximum absolute atomic E-state index is 6.09. The van der Waals surface area contributed by atoms with Gasteiger partial charge in [0.15, 0.2) is 0 Å². The van der Waals surface area contributed by atoms with Crippen molar-refractivity contribution in [2.45, 2.75) is 19.9 Å². The molecule has 0 fully saturated rings. The minimum Gasteiger partial charge on any atom is -0.378 e. The minimum absolute atomic E-state index is 0.664. The topological polar surface area (TPSA) is 29.9 Å². The molecule has 0 unspecified atom stereocenters. The lowest BCUT2D eigenvalue weighted by Crippen LogP contribution is -2.05. The van der Waals surface area contributed by atoms with Crippen molar-refractivity contribution in [3.8, 4) is 0 Å². The lowest BCUT2D eigenvalue weighted by Gasteiger charge is -2.08. The maximum atomic E-state index is 6.09. The van der Waals surface area contributed by atoms with Gasteiger partial charge in [-0.1, -0.05) is 30.1 Å². The van der Waals surface area contributed by atoms with Crippen molar-refractivity contribution >= 4 is 28.9 Å². The van der Waals surface area contributed by atoms with E-state index in [0.717, 1.165) is 23.5 Å². The molecule has 1 aromatic heterocycles. The van der Waals surface area contributed by atoms with Gasteiger partial charge in [-0.25, -0.2) is 0 Å². The molecule has 1 aromatic carbocycles. The fourth-order valence-electron chi connectivity index (χ4n) is 1.73. The van der Waals surface area contributed by atoms with Crippen molar-refractivity contribution in [3.63, 3.8) is 0 Å². The van der Waals surface area contributed by atoms with Crippen LogP contribution in [0.4, 0.5) is 5.69 Å². The number of halogens is 2. The SMILES string of the molecule is CCc1cc(CNc2cc(Cl)ccc2Cl)n(C)n1. The molecule has 0 saturated carbocycles. The normalized spacial score (nSPS) is 10.7. The summed E-state index contributed by atoms with van der Waals surface area (Å²) in [6.45, 7) is 2.76. The monoisotopic (exact) mass is 283 g/mol. The molecule has 2 aromatic rings. The third kappa shape index (κ3) is 2.98. The smallest absolute Gasteiger partial charge is 0.0638 e. The Morgan fingerprint density at radius 1 is 1.28 bits per heavy atom. The number of rotatable bonds is 4. The number of hydrogen-bond acceptors (Lipinski definition) is 2. The predicted octanol–water partition coefficient (Wildman–Crippen LogP) is 3.90. The molecule has 0 aliphatic rings. The lowest BCUT2D eigenvalue weighted by atomic mass is 10.3. The maximum Gasteiger partial charge on any atom is 0.0638 e. The van der Waals surface area contributed by atoms with Crippen LogP contribution in [0.2, 0.25) is 10.0 Å². The van der Waals surface area contributed by atoms with Crippen LogP contribution < -0.4 is 5.32 Å². The zero-order chi connectivity index (χ0) is 13.1. The summed E-state index contributed by atoms with van der Waals surface area (Å²) in [5.74, 6) is 0. The Kier molecular flexibility index (Phi) is 4.15. The van der Waals surface area contributed by atoms with Crippen molar-refractivity contribution in [1.82, 2.24) is 9.78 Å². The van der Waals surface area contributed by atoms with Gasteiger partial charge in [0.05, 0.1) is 28.6 Å². The molecule has 0 aliphatic heterocycles. The average molecular weight is 284 g/mol. The standard InChI is InChI=1S/C13H15Cl2N3/c1-3-10-7-11(18(2)17-10)8-16-13-6-9(14)4-5-12(13)15/h4-7,16H,3,8H2,1-2H3. The molecule has 5 heteroatoms. The molecule has 18 heavy (non-hydrogen) atoms. The lowest BCUT2D eigenvalue weighted by molar-refractivity contribution is 0.707. The number of aryl methyl sites for hydroxylation is 2. The van der Waals surface area contributed by atoms with Crippen molar-refractivity contribution in [1.29, 1.82) is 0 Å². The fraction of sp³-hybridized carbons (Fsp3) is 0.308. The van der Waals surface area contributed by atoms with Gasteiger partial charge in [0, 0.05) is 12.1 Å². The number of benzene rings is 1. The summed E-state index contributed by atoms with van der Waals surface area (Å²) in [6.07, 6.45) is 0.936. The molecule has 1 heterocycles. The molecule has 96 valence electrons. The number of aromatic nitrogens is 2. The highest BCUT2D eigenvalue weighted by Gasteiger charge is 2.05. The third-order valence-corrected chi connectivity index (χ3v) is 3.34. The van der Waals surface area contributed by atoms with Gasteiger partial charge in [-0.15, -0.1) is 0 Å². The fourth-order valence-corrected chi connectivity index (χ4v) is 2.08. The van der Waals surface area contributed by atoms with Crippen molar-refractivity contribution in [3.05, 3.63) is 45.7 Å². The van der Waals surface area contributed by atoms with E-state index in [9.17, 15) is 0 Å². The number of hydrogen-bond donors (Lipinski definition) is 1. The van der Waals surface area contributed by atoms with Gasteiger partial charge in [-0.3, -0.25) is 4.68 Å². The van der Waals surface area contributed by atoms with Gasteiger partial charge in [0.2, 0.25) is 0 Å². The van der Waals surface area contributed by atoms with Gasteiger partial charge in [-0.2, -0.15) is 5.10 Å². The molecule has 3 nitrogen and oxygen atoms in total. The Morgan fingerprint density at radius 2 is 2.06 bits per heavy atom. The van der Waals surface area contributed by atoms with Crippen LogP contribution >= 0.6 is 23.2 Å². The molecule has 1 N–H and O–H groups in total. The summed E-state index contributed by atoms with van der Waals surface area (Å²) in [5.41, 5.74) is 3.04. The second-order valence-corrected chi connectivity index (χ2v) is 4.93. The summed E-state index contributed by atoms with van der Waals surface area (Å²) in [7, 11) is 1.94. The predicted molar refractivity (Wildman–Crippen MR) is 76.4 cm³/mol. The van der Waals surface area contributed by atoms with Crippen LogP contribution in [0.25, 0.3) is 0 Å². The molecule has 0 amide bonds. The first-order valence-electron chi connectivity index (χ1n) is 5.81. The molecular formula is C13H15Cl2N3. The van der Waals surface area contributed by atoms with Crippen molar-refractivity contribution in [2.24, 2.45) is 7.05 Å². The van der Waals surface area contributed by atoms with Crippen LogP contribution in [0.1, 0.15) is 18.3 Å². The van der Waals surface area contributed by atoms with E-state index in [2.05, 4.69) is 23.4 Å². The zero-order valence-electron chi connectivity index (χ0n) is 10.4. The summed E-state index contributed by atoms with van der Waals surface area (Å²) in [6, 6.07) is 7.47. The van der Waals surface area contributed by atoms with Crippen LogP contribution in [-0.2, 0) is 20.0 Å². The Morgan fingerprint density at radius 3 is 2.72 bits per heavy atom. The third-order valence-electron chi connectivity index (χ3n) is 2.78. The Balaban J connectivity index is 2.11. The summed E-state index contributed by atoms with van der Waals surface area (Å²) in [5, 5.41) is 9.00. The first-order chi connectivity index (χ1) is 8.60. The molecule has 0 bridgehead atoms. The van der Waals surface area contributed by atoms with E-state index in [4.69, 9.17) is 23.2 Å². The highest BCUT2D eigenvalue weighted by molar-refractivity contribution is 6.35. The first kappa shape index (κ1) is 13.2. The van der Waals surface area contributed by atoms with Crippen LogP contribution in [-0.4, -0.2) is 9.78 Å². The van der Waals surface area contributed by atoms with Gasteiger partial charge < -0.3 is 5.32 Å². The molecule has 2 rings (SSSR count). The van der Waals surface area contributed by atoms with Crippen LogP contribution in [0.3, 0.4) is 0 Å². The molecule has 0 saturated heterocycles. The van der Waals surface area contributed by atoms with Crippen LogP contribution in [0.15, 0.2) is 24.3 Å². The highest BCUT2D eigenvalue weighted by Crippen LogP contribution is 2.25. The molecular weight excluding hydrogens is 269 g/mol. The highest BCUT2D eigenvalue weighted by atomic mass is 35.5. The average Bonchev–Trinajstić information content (AvgIpc) is 2.71. The van der Waals surface area contributed by atoms with Crippen LogP contribution in [0, 0.1) is 0 Å². The Labute approximate surface area is 117 Å². The van der Waals surface area contributed by atoms with Gasteiger partial charge in [-0.05, 0) is 30.7 Å². The summed E-state index contributed by atoms with van der Waals surface area (Å²) >= 11 is 12.0. The van der Waals surface area contributed by atoms with Crippen molar-refractivity contribution in [2.75, 3.05) is 5.32 Å². The largest absolute Gasteiger partial charge is 0.378 e. The van der Waals surface area contributed by atoms with E-state index in [-0.39, 0.29) is 0 Å². The van der Waals surface area contributed by atoms with Gasteiger partial charge >= 0.3 is 0 Å². The second kappa shape index (κ2) is 5.63. The number of nitrogens with zero attached hydrogens (tertiary/aromatic N) is 2. The summed E-state index contributed by atoms with van der Waals surface area (Å²) in [4.78, 5) is 0. The van der Waals surface area contributed by atoms with Crippen molar-refractivity contribution < 1.29 is 0 Å². The number of nitrogens with one attached hydrogen (secondary N) is 1. The Hall–Kier alpha value is -1.19. The minimum atomic E-state index is 0.664. The van der Waals surface area contributed by atoms with E-state index in [0.29, 0.717) is 16.6 Å². The van der Waals surface area contributed by atoms with E-state index in [1.807, 2.05) is 17.8 Å². The first-order valence-corrected chi connectivity index (χ1v) is 6.56. The van der Waals surface area contributed by atoms with Crippen LogP contribution in [0.5, 0.6) is 0 Å². The quantitative estimate of drug-likeness (QED) is 0.922. The van der Waals surface area contributed by atoms with Gasteiger partial charge in [0.25, 0.3) is 0 Å². The zero-order valence-corrected chi connectivity index (χ0v) is 11.9. The van der Waals surface area contributed by atoms with E-state index in [1.54, 1.807) is 12.1 Å². The molecule has 0 spiro atoms. The van der Waals surface area contributed by atoms with E-state index >= 15 is 0 Å². The van der Waals surface area contributed by atoms with E-state index in [1.165, 1.54) is 0 Å². The number of anilines is 1. The van der Waals surface area contributed by atoms with E-state index < -0.39 is 0 Å². The Bertz CT molecular complexity index is 549. The second-order valence-electron chi connectivity index (χ2n) is 4.08. The summed E-state index contributed by atoms with van der Waals surface area (Å²) < 4.78 is 1.88. The molecule has 0 aliphatic carbocycles. The molecule has 0 radical (unpaired) electrons.